The molecular weight excluding hydrogens is 283 g/mol. The molecule has 0 saturated carbocycles. The van der Waals surface area contributed by atoms with Gasteiger partial charge in [0.1, 0.15) is 5.82 Å². The SMILES string of the molecule is CCCNCC(Cc1csc(C)n1)Cc1ccccc1F. The molecule has 1 aromatic heterocycles. The van der Waals surface area contributed by atoms with Crippen LogP contribution in [0, 0.1) is 18.7 Å². The van der Waals surface area contributed by atoms with Crippen molar-refractivity contribution in [1.82, 2.24) is 10.3 Å². The number of rotatable bonds is 8. The Morgan fingerprint density at radius 2 is 2.10 bits per heavy atom. The van der Waals surface area contributed by atoms with Crippen LogP contribution in [0.3, 0.4) is 0 Å². The van der Waals surface area contributed by atoms with Gasteiger partial charge >= 0.3 is 0 Å². The number of aromatic nitrogens is 1. The summed E-state index contributed by atoms with van der Waals surface area (Å²) in [6.07, 6.45) is 2.76. The minimum atomic E-state index is -0.104. The molecule has 0 amide bonds. The average Bonchev–Trinajstić information content (AvgIpc) is 2.87. The van der Waals surface area contributed by atoms with Crippen molar-refractivity contribution in [1.29, 1.82) is 0 Å². The van der Waals surface area contributed by atoms with Gasteiger partial charge in [-0.05, 0) is 56.8 Å². The molecule has 1 atom stereocenters. The second kappa shape index (κ2) is 8.25. The summed E-state index contributed by atoms with van der Waals surface area (Å²) in [6, 6.07) is 7.07. The molecule has 0 aliphatic rings. The Morgan fingerprint density at radius 1 is 1.29 bits per heavy atom. The Bertz CT molecular complexity index is 553. The molecule has 0 saturated heterocycles. The Kier molecular flexibility index (Phi) is 6.33. The molecule has 0 radical (unpaired) electrons. The lowest BCUT2D eigenvalue weighted by Gasteiger charge is -2.17. The lowest BCUT2D eigenvalue weighted by atomic mass is 9.94. The lowest BCUT2D eigenvalue weighted by Crippen LogP contribution is -2.27. The molecule has 2 rings (SSSR count). The van der Waals surface area contributed by atoms with Gasteiger partial charge in [-0.1, -0.05) is 25.1 Å². The van der Waals surface area contributed by atoms with Gasteiger partial charge in [-0.15, -0.1) is 11.3 Å². The quantitative estimate of drug-likeness (QED) is 0.746. The van der Waals surface area contributed by atoms with E-state index in [2.05, 4.69) is 22.6 Å². The number of nitrogens with one attached hydrogen (secondary N) is 1. The van der Waals surface area contributed by atoms with Crippen molar-refractivity contribution in [3.63, 3.8) is 0 Å². The molecule has 0 aliphatic carbocycles. The first kappa shape index (κ1) is 16.1. The molecule has 0 bridgehead atoms. The van der Waals surface area contributed by atoms with Crippen LogP contribution in [0.25, 0.3) is 0 Å². The maximum Gasteiger partial charge on any atom is 0.126 e. The van der Waals surface area contributed by atoms with E-state index in [-0.39, 0.29) is 5.82 Å². The Balaban J connectivity index is 2.02. The highest BCUT2D eigenvalue weighted by atomic mass is 32.1. The Hall–Kier alpha value is -1.26. The predicted molar refractivity (Wildman–Crippen MR) is 87.3 cm³/mol. The highest BCUT2D eigenvalue weighted by molar-refractivity contribution is 7.09. The van der Waals surface area contributed by atoms with Gasteiger partial charge in [-0.2, -0.15) is 0 Å². The summed E-state index contributed by atoms with van der Waals surface area (Å²) < 4.78 is 13.8. The molecule has 1 heterocycles. The van der Waals surface area contributed by atoms with Gasteiger partial charge in [-0.25, -0.2) is 9.37 Å². The van der Waals surface area contributed by atoms with E-state index in [1.165, 1.54) is 0 Å². The van der Waals surface area contributed by atoms with E-state index < -0.39 is 0 Å². The van der Waals surface area contributed by atoms with Crippen LogP contribution < -0.4 is 5.32 Å². The van der Waals surface area contributed by atoms with Crippen molar-refractivity contribution in [3.05, 3.63) is 51.7 Å². The molecule has 1 unspecified atom stereocenters. The van der Waals surface area contributed by atoms with Gasteiger partial charge in [0.15, 0.2) is 0 Å². The van der Waals surface area contributed by atoms with E-state index in [0.29, 0.717) is 5.92 Å². The number of halogens is 1. The van der Waals surface area contributed by atoms with E-state index in [4.69, 9.17) is 0 Å². The standard InChI is InChI=1S/C17H23FN2S/c1-3-8-19-11-14(10-16-12-21-13(2)20-16)9-15-6-4-5-7-17(15)18/h4-7,12,14,19H,3,8-11H2,1-2H3. The third-order valence-electron chi connectivity index (χ3n) is 3.49. The molecule has 0 aliphatic heterocycles. The monoisotopic (exact) mass is 306 g/mol. The van der Waals surface area contributed by atoms with Crippen LogP contribution in [-0.2, 0) is 12.8 Å². The number of hydrogen-bond acceptors (Lipinski definition) is 3. The van der Waals surface area contributed by atoms with Crippen LogP contribution in [0.4, 0.5) is 4.39 Å². The zero-order valence-electron chi connectivity index (χ0n) is 12.7. The molecule has 21 heavy (non-hydrogen) atoms. The summed E-state index contributed by atoms with van der Waals surface area (Å²) in [7, 11) is 0. The first-order chi connectivity index (χ1) is 10.2. The number of benzene rings is 1. The minimum Gasteiger partial charge on any atom is -0.316 e. The maximum atomic E-state index is 13.8. The minimum absolute atomic E-state index is 0.104. The highest BCUT2D eigenvalue weighted by Crippen LogP contribution is 2.18. The fourth-order valence-electron chi connectivity index (χ4n) is 2.47. The van der Waals surface area contributed by atoms with Gasteiger partial charge in [0, 0.05) is 5.38 Å². The van der Waals surface area contributed by atoms with Gasteiger partial charge < -0.3 is 5.32 Å². The van der Waals surface area contributed by atoms with Crippen molar-refractivity contribution < 1.29 is 4.39 Å². The molecule has 2 nitrogen and oxygen atoms in total. The highest BCUT2D eigenvalue weighted by Gasteiger charge is 2.14. The van der Waals surface area contributed by atoms with Crippen LogP contribution in [-0.4, -0.2) is 18.1 Å². The first-order valence-corrected chi connectivity index (χ1v) is 8.42. The van der Waals surface area contributed by atoms with Crippen LogP contribution >= 0.6 is 11.3 Å². The van der Waals surface area contributed by atoms with Crippen LogP contribution in [0.2, 0.25) is 0 Å². The Morgan fingerprint density at radius 3 is 2.76 bits per heavy atom. The molecule has 0 fully saturated rings. The summed E-state index contributed by atoms with van der Waals surface area (Å²) in [4.78, 5) is 4.54. The molecule has 2 aromatic rings. The molecule has 1 aromatic carbocycles. The third-order valence-corrected chi connectivity index (χ3v) is 4.31. The molecule has 1 N–H and O–H groups in total. The number of nitrogens with zero attached hydrogens (tertiary/aromatic N) is 1. The molecule has 114 valence electrons. The summed E-state index contributed by atoms with van der Waals surface area (Å²) in [6.45, 7) is 6.08. The van der Waals surface area contributed by atoms with Crippen LogP contribution in [0.15, 0.2) is 29.6 Å². The number of hydrogen-bond donors (Lipinski definition) is 1. The van der Waals surface area contributed by atoms with E-state index in [9.17, 15) is 4.39 Å². The zero-order valence-corrected chi connectivity index (χ0v) is 13.5. The number of aryl methyl sites for hydroxylation is 1. The largest absolute Gasteiger partial charge is 0.316 e. The molecular formula is C17H23FN2S. The molecule has 4 heteroatoms. The number of thiazole rings is 1. The zero-order chi connectivity index (χ0) is 15.1. The summed E-state index contributed by atoms with van der Waals surface area (Å²) in [5.74, 6) is 0.266. The van der Waals surface area contributed by atoms with E-state index in [1.807, 2.05) is 19.1 Å². The molecule has 0 spiro atoms. The van der Waals surface area contributed by atoms with Crippen molar-refractivity contribution >= 4 is 11.3 Å². The van der Waals surface area contributed by atoms with Crippen LogP contribution in [0.1, 0.15) is 29.6 Å². The van der Waals surface area contributed by atoms with Crippen LogP contribution in [0.5, 0.6) is 0 Å². The lowest BCUT2D eigenvalue weighted by molar-refractivity contribution is 0.457. The normalized spacial score (nSPS) is 12.5. The Labute approximate surface area is 130 Å². The topological polar surface area (TPSA) is 24.9 Å². The van der Waals surface area contributed by atoms with Gasteiger partial charge in [0.05, 0.1) is 10.7 Å². The van der Waals surface area contributed by atoms with Crippen molar-refractivity contribution in [2.75, 3.05) is 13.1 Å². The average molecular weight is 306 g/mol. The predicted octanol–water partition coefficient (Wildman–Crippen LogP) is 3.99. The van der Waals surface area contributed by atoms with Gasteiger partial charge in [0.25, 0.3) is 0 Å². The summed E-state index contributed by atoms with van der Waals surface area (Å²) in [5, 5.41) is 6.66. The first-order valence-electron chi connectivity index (χ1n) is 7.54. The van der Waals surface area contributed by atoms with E-state index >= 15 is 0 Å². The second-order valence-electron chi connectivity index (χ2n) is 5.43. The fraction of sp³-hybridized carbons (Fsp3) is 0.471. The van der Waals surface area contributed by atoms with Crippen molar-refractivity contribution in [2.45, 2.75) is 33.1 Å². The maximum absolute atomic E-state index is 13.8. The van der Waals surface area contributed by atoms with E-state index in [0.717, 1.165) is 48.6 Å². The van der Waals surface area contributed by atoms with Crippen molar-refractivity contribution in [2.24, 2.45) is 5.92 Å². The van der Waals surface area contributed by atoms with Crippen molar-refractivity contribution in [3.8, 4) is 0 Å². The fourth-order valence-corrected chi connectivity index (χ4v) is 3.10. The summed E-state index contributed by atoms with van der Waals surface area (Å²) in [5.41, 5.74) is 1.92. The second-order valence-corrected chi connectivity index (χ2v) is 6.49. The van der Waals surface area contributed by atoms with E-state index in [1.54, 1.807) is 23.5 Å². The van der Waals surface area contributed by atoms with Gasteiger partial charge in [-0.3, -0.25) is 0 Å². The van der Waals surface area contributed by atoms with Gasteiger partial charge in [0.2, 0.25) is 0 Å². The third kappa shape index (κ3) is 5.21. The smallest absolute Gasteiger partial charge is 0.126 e. The summed E-state index contributed by atoms with van der Waals surface area (Å²) >= 11 is 1.68.